The highest BCUT2D eigenvalue weighted by atomic mass is 32.2. The van der Waals surface area contributed by atoms with Crippen LogP contribution >= 0.6 is 23.5 Å². The Morgan fingerprint density at radius 3 is 2.03 bits per heavy atom. The van der Waals surface area contributed by atoms with Crippen molar-refractivity contribution in [2.75, 3.05) is 6.61 Å². The second-order valence-electron chi connectivity index (χ2n) is 11.6. The molecule has 0 aliphatic carbocycles. The first-order valence-corrected chi connectivity index (χ1v) is 19.1. The van der Waals surface area contributed by atoms with E-state index in [0.717, 1.165) is 18.8 Å². The maximum atomic E-state index is 6.95. The van der Waals surface area contributed by atoms with Gasteiger partial charge in [-0.1, -0.05) is 71.9 Å². The zero-order valence-corrected chi connectivity index (χ0v) is 24.5. The fourth-order valence-electron chi connectivity index (χ4n) is 2.88. The lowest BCUT2D eigenvalue weighted by Crippen LogP contribution is -2.47. The molecule has 2 nitrogen and oxygen atoms in total. The van der Waals surface area contributed by atoms with Gasteiger partial charge in [-0.05, 0) is 48.2 Å². The lowest BCUT2D eigenvalue weighted by molar-refractivity contribution is 0.152. The molecule has 0 spiro atoms. The molecule has 0 saturated carbocycles. The van der Waals surface area contributed by atoms with E-state index in [-0.39, 0.29) is 10.1 Å². The van der Waals surface area contributed by atoms with E-state index in [2.05, 4.69) is 122 Å². The van der Waals surface area contributed by atoms with Crippen molar-refractivity contribution in [1.82, 2.24) is 0 Å². The van der Waals surface area contributed by atoms with Gasteiger partial charge in [0.15, 0.2) is 16.6 Å². The first-order chi connectivity index (χ1) is 13.6. The van der Waals surface area contributed by atoms with Crippen LogP contribution in [0.1, 0.15) is 53.5 Å². The molecule has 1 fully saturated rings. The van der Waals surface area contributed by atoms with Crippen LogP contribution in [-0.4, -0.2) is 39.2 Å². The van der Waals surface area contributed by atoms with E-state index < -0.39 is 16.6 Å². The molecule has 2 rings (SSSR count). The van der Waals surface area contributed by atoms with Gasteiger partial charge in [-0.3, -0.25) is 0 Å². The second kappa shape index (κ2) is 10.0. The molecule has 0 amide bonds. The van der Waals surface area contributed by atoms with Crippen LogP contribution in [0.15, 0.2) is 30.3 Å². The van der Waals surface area contributed by atoms with E-state index in [4.69, 9.17) is 8.85 Å². The van der Waals surface area contributed by atoms with Crippen molar-refractivity contribution in [3.8, 4) is 0 Å². The van der Waals surface area contributed by atoms with Crippen molar-refractivity contribution in [3.05, 3.63) is 35.9 Å². The van der Waals surface area contributed by atoms with Crippen molar-refractivity contribution in [2.24, 2.45) is 0 Å². The zero-order valence-electron chi connectivity index (χ0n) is 20.9. The van der Waals surface area contributed by atoms with Crippen LogP contribution in [0, 0.1) is 0 Å². The van der Waals surface area contributed by atoms with E-state index in [9.17, 15) is 0 Å². The lowest BCUT2D eigenvalue weighted by Gasteiger charge is -2.41. The van der Waals surface area contributed by atoms with Gasteiger partial charge >= 0.3 is 0 Å². The van der Waals surface area contributed by atoms with Crippen molar-refractivity contribution in [3.63, 3.8) is 0 Å². The van der Waals surface area contributed by atoms with Crippen LogP contribution in [-0.2, 0) is 14.6 Å². The molecule has 1 aliphatic heterocycles. The molecule has 1 heterocycles. The van der Waals surface area contributed by atoms with Gasteiger partial charge in [-0.15, -0.1) is 23.5 Å². The summed E-state index contributed by atoms with van der Waals surface area (Å²) in [6.45, 7) is 24.3. The summed E-state index contributed by atoms with van der Waals surface area (Å²) >= 11 is 4.17. The SMILES string of the molecule is CC(C)(C)[Si](C)(C)OC[C@H]1SC(SCc2ccccc2)C[C@@H]1O[Si](C)(C)C(C)(C)C. The molecule has 1 unspecified atom stereocenters. The normalized spacial score (nSPS) is 23.7. The number of hydrogen-bond donors (Lipinski definition) is 0. The molecule has 6 heteroatoms. The molecule has 30 heavy (non-hydrogen) atoms. The third-order valence-corrected chi connectivity index (χ3v) is 19.2. The second-order valence-corrected chi connectivity index (χ2v) is 24.1. The quantitative estimate of drug-likeness (QED) is 0.346. The van der Waals surface area contributed by atoms with E-state index in [1.54, 1.807) is 0 Å². The van der Waals surface area contributed by atoms with Gasteiger partial charge in [-0.25, -0.2) is 0 Å². The third-order valence-electron chi connectivity index (χ3n) is 7.11. The largest absolute Gasteiger partial charge is 0.416 e. The minimum absolute atomic E-state index is 0.234. The topological polar surface area (TPSA) is 18.5 Å². The van der Waals surface area contributed by atoms with Gasteiger partial charge in [0, 0.05) is 12.4 Å². The van der Waals surface area contributed by atoms with Crippen LogP contribution in [0.4, 0.5) is 0 Å². The smallest absolute Gasteiger partial charge is 0.192 e. The minimum Gasteiger partial charge on any atom is -0.416 e. The van der Waals surface area contributed by atoms with E-state index in [1.165, 1.54) is 5.56 Å². The minimum atomic E-state index is -1.81. The zero-order chi connectivity index (χ0) is 22.8. The molecule has 172 valence electrons. The molecule has 1 aliphatic rings. The number of benzene rings is 1. The van der Waals surface area contributed by atoms with Gasteiger partial charge in [0.1, 0.15) is 0 Å². The summed E-state index contributed by atoms with van der Waals surface area (Å²) in [5.74, 6) is 1.07. The Balaban J connectivity index is 2.07. The van der Waals surface area contributed by atoms with Crippen LogP contribution < -0.4 is 0 Å². The van der Waals surface area contributed by atoms with Crippen molar-refractivity contribution < 1.29 is 8.85 Å². The molecular formula is C24H44O2S2Si2. The van der Waals surface area contributed by atoms with Gasteiger partial charge in [-0.2, -0.15) is 0 Å². The predicted molar refractivity (Wildman–Crippen MR) is 143 cm³/mol. The molecule has 3 atom stereocenters. The highest BCUT2D eigenvalue weighted by molar-refractivity contribution is 8.17. The van der Waals surface area contributed by atoms with Gasteiger partial charge in [0.25, 0.3) is 0 Å². The summed E-state index contributed by atoms with van der Waals surface area (Å²) in [5.41, 5.74) is 1.41. The van der Waals surface area contributed by atoms with Crippen LogP contribution in [0.5, 0.6) is 0 Å². The van der Waals surface area contributed by atoms with Crippen LogP contribution in [0.2, 0.25) is 36.3 Å². The molecule has 1 aromatic carbocycles. The standard InChI is InChI=1S/C24H44O2S2Si2/c1-23(2,3)29(7,8)25-17-21-20(26-30(9,10)24(4,5)6)16-22(28-21)27-18-19-14-12-11-13-15-19/h11-15,20-22H,16-18H2,1-10H3/t20-,21+,22?/m0/s1. The molecule has 0 bridgehead atoms. The Bertz CT molecular complexity index is 666. The van der Waals surface area contributed by atoms with E-state index in [1.807, 2.05) is 0 Å². The summed E-state index contributed by atoms with van der Waals surface area (Å²) in [4.78, 5) is 0. The summed E-state index contributed by atoms with van der Waals surface area (Å²) in [6, 6.07) is 10.8. The first kappa shape index (κ1) is 26.5. The summed E-state index contributed by atoms with van der Waals surface area (Å²) in [6.07, 6.45) is 1.43. The first-order valence-electron chi connectivity index (χ1n) is 11.3. The van der Waals surface area contributed by atoms with Gasteiger partial charge in [0.05, 0.1) is 15.9 Å². The van der Waals surface area contributed by atoms with Crippen LogP contribution in [0.3, 0.4) is 0 Å². The Hall–Kier alpha value is 0.274. The average Bonchev–Trinajstić information content (AvgIpc) is 2.98. The molecular weight excluding hydrogens is 441 g/mol. The number of hydrogen-bond acceptors (Lipinski definition) is 4. The Labute approximate surface area is 196 Å². The fourth-order valence-corrected chi connectivity index (χ4v) is 8.53. The van der Waals surface area contributed by atoms with Crippen molar-refractivity contribution in [1.29, 1.82) is 0 Å². The molecule has 0 N–H and O–H groups in total. The van der Waals surface area contributed by atoms with Crippen LogP contribution in [0.25, 0.3) is 0 Å². The van der Waals surface area contributed by atoms with Crippen molar-refractivity contribution in [2.45, 2.75) is 106 Å². The maximum absolute atomic E-state index is 6.95. The molecule has 0 radical (unpaired) electrons. The Morgan fingerprint density at radius 1 is 0.933 bits per heavy atom. The highest BCUT2D eigenvalue weighted by Gasteiger charge is 2.46. The Morgan fingerprint density at radius 2 is 1.50 bits per heavy atom. The Kier molecular flexibility index (Phi) is 8.88. The fraction of sp³-hybridized carbons (Fsp3) is 0.750. The highest BCUT2D eigenvalue weighted by Crippen LogP contribution is 2.47. The molecule has 1 saturated heterocycles. The summed E-state index contributed by atoms with van der Waals surface area (Å²) in [7, 11) is -3.56. The number of thioether (sulfide) groups is 2. The molecule has 1 aromatic rings. The monoisotopic (exact) mass is 484 g/mol. The third kappa shape index (κ3) is 7.14. The van der Waals surface area contributed by atoms with Crippen molar-refractivity contribution >= 4 is 40.2 Å². The maximum Gasteiger partial charge on any atom is 0.192 e. The predicted octanol–water partition coefficient (Wildman–Crippen LogP) is 8.16. The lowest BCUT2D eigenvalue weighted by atomic mass is 10.2. The summed E-state index contributed by atoms with van der Waals surface area (Å²) < 4.78 is 14.2. The van der Waals surface area contributed by atoms with Gasteiger partial charge < -0.3 is 8.85 Å². The van der Waals surface area contributed by atoms with Gasteiger partial charge in [0.2, 0.25) is 0 Å². The average molecular weight is 485 g/mol. The summed E-state index contributed by atoms with van der Waals surface area (Å²) in [5, 5.41) is 0.909. The van der Waals surface area contributed by atoms with E-state index in [0.29, 0.717) is 15.9 Å². The number of rotatable bonds is 8. The molecule has 0 aromatic heterocycles. The van der Waals surface area contributed by atoms with E-state index >= 15 is 0 Å².